The number of hydrogen-bond donors (Lipinski definition) is 2. The highest BCUT2D eigenvalue weighted by Crippen LogP contribution is 2.24. The van der Waals surface area contributed by atoms with Gasteiger partial charge >= 0.3 is 0 Å². The van der Waals surface area contributed by atoms with Crippen LogP contribution in [0.1, 0.15) is 24.8 Å². The van der Waals surface area contributed by atoms with Gasteiger partial charge in [0.1, 0.15) is 17.8 Å². The van der Waals surface area contributed by atoms with E-state index in [4.69, 9.17) is 5.73 Å². The number of carbonyl (C=O) groups excluding carboxylic acids is 3. The summed E-state index contributed by atoms with van der Waals surface area (Å²) < 4.78 is 0. The highest BCUT2D eigenvalue weighted by atomic mass is 16.2. The minimum absolute atomic E-state index is 0.0893. The molecule has 1 saturated heterocycles. The van der Waals surface area contributed by atoms with E-state index in [-0.39, 0.29) is 18.0 Å². The molecular weight excluding hydrogens is 406 g/mol. The number of amides is 3. The van der Waals surface area contributed by atoms with Crippen molar-refractivity contribution in [2.45, 2.75) is 37.8 Å². The van der Waals surface area contributed by atoms with Crippen LogP contribution in [0.4, 0.5) is 5.69 Å². The normalized spacial score (nSPS) is 18.9. The van der Waals surface area contributed by atoms with Gasteiger partial charge in [0.25, 0.3) is 5.91 Å². The smallest absolute Gasteiger partial charge is 0.268 e. The number of likely N-dealkylation sites (tertiary alicyclic amines) is 1. The van der Waals surface area contributed by atoms with Crippen molar-refractivity contribution in [2.75, 3.05) is 18.1 Å². The van der Waals surface area contributed by atoms with Crippen molar-refractivity contribution >= 4 is 29.1 Å². The molecule has 2 aliphatic heterocycles. The van der Waals surface area contributed by atoms with Gasteiger partial charge in [-0.15, -0.1) is 0 Å². The van der Waals surface area contributed by atoms with Gasteiger partial charge in [0.15, 0.2) is 0 Å². The van der Waals surface area contributed by atoms with Crippen molar-refractivity contribution in [3.8, 4) is 0 Å². The van der Waals surface area contributed by atoms with E-state index in [1.807, 2.05) is 48.5 Å². The molecule has 0 bridgehead atoms. The molecule has 0 saturated carbocycles. The molecule has 2 unspecified atom stereocenters. The van der Waals surface area contributed by atoms with Crippen LogP contribution in [0.3, 0.4) is 0 Å². The second kappa shape index (κ2) is 9.64. The highest BCUT2D eigenvalue weighted by Gasteiger charge is 2.36. The molecule has 1 fully saturated rings. The molecule has 0 spiro atoms. The first kappa shape index (κ1) is 21.5. The average molecular weight is 434 g/mol. The van der Waals surface area contributed by atoms with E-state index in [0.29, 0.717) is 25.2 Å². The first-order chi connectivity index (χ1) is 15.5. The number of primary amides is 1. The summed E-state index contributed by atoms with van der Waals surface area (Å²) in [6.45, 7) is 1.40. The van der Waals surface area contributed by atoms with Crippen LogP contribution in [0.5, 0.6) is 0 Å². The number of nitrogens with zero attached hydrogens (tertiary/aromatic N) is 3. The third-order valence-electron chi connectivity index (χ3n) is 5.83. The Morgan fingerprint density at radius 3 is 2.25 bits per heavy atom. The van der Waals surface area contributed by atoms with Crippen LogP contribution in [-0.4, -0.2) is 53.5 Å². The van der Waals surface area contributed by atoms with Crippen LogP contribution in [-0.2, 0) is 20.8 Å². The van der Waals surface area contributed by atoms with Gasteiger partial charge in [-0.05, 0) is 30.5 Å². The molecule has 2 aromatic carbocycles. The van der Waals surface area contributed by atoms with Gasteiger partial charge in [-0.25, -0.2) is 0 Å². The van der Waals surface area contributed by atoms with Crippen molar-refractivity contribution in [1.29, 1.82) is 0 Å². The summed E-state index contributed by atoms with van der Waals surface area (Å²) >= 11 is 0. The van der Waals surface area contributed by atoms with Gasteiger partial charge in [-0.3, -0.25) is 19.4 Å². The Hall–Kier alpha value is -3.68. The quantitative estimate of drug-likeness (QED) is 0.689. The predicted octanol–water partition coefficient (Wildman–Crippen LogP) is 1.46. The topological polar surface area (TPSA) is 108 Å². The van der Waals surface area contributed by atoms with Gasteiger partial charge in [0, 0.05) is 25.9 Å². The van der Waals surface area contributed by atoms with Crippen molar-refractivity contribution in [3.63, 3.8) is 0 Å². The van der Waals surface area contributed by atoms with Crippen molar-refractivity contribution in [3.05, 3.63) is 66.2 Å². The monoisotopic (exact) mass is 433 g/mol. The number of anilines is 1. The molecule has 2 heterocycles. The third kappa shape index (κ3) is 4.80. The Morgan fingerprint density at radius 2 is 1.62 bits per heavy atom. The van der Waals surface area contributed by atoms with Crippen LogP contribution in [0.25, 0.3) is 0 Å². The number of hydrogen-bond acceptors (Lipinski definition) is 5. The molecule has 2 atom stereocenters. The fraction of sp³-hybridized carbons (Fsp3) is 0.333. The second-order valence-electron chi connectivity index (χ2n) is 8.10. The molecule has 0 aromatic heterocycles. The number of para-hydroxylation sites is 1. The summed E-state index contributed by atoms with van der Waals surface area (Å²) in [7, 11) is 0. The maximum atomic E-state index is 13.1. The predicted molar refractivity (Wildman–Crippen MR) is 122 cm³/mol. The fourth-order valence-corrected chi connectivity index (χ4v) is 4.14. The minimum atomic E-state index is -0.750. The average Bonchev–Trinajstić information content (AvgIpc) is 3.50. The molecule has 8 heteroatoms. The fourth-order valence-electron chi connectivity index (χ4n) is 4.14. The summed E-state index contributed by atoms with van der Waals surface area (Å²) in [4.78, 5) is 40.1. The number of nitrogens with two attached hydrogens (primary N) is 1. The van der Waals surface area contributed by atoms with E-state index in [1.54, 1.807) is 17.0 Å². The van der Waals surface area contributed by atoms with Crippen LogP contribution < -0.4 is 16.1 Å². The number of carbonyl (C=O) groups is 3. The van der Waals surface area contributed by atoms with Crippen LogP contribution in [0.15, 0.2) is 65.8 Å². The molecule has 166 valence electrons. The molecular formula is C24H27N5O3. The Bertz CT molecular complexity index is 1000. The van der Waals surface area contributed by atoms with E-state index < -0.39 is 23.9 Å². The van der Waals surface area contributed by atoms with E-state index in [9.17, 15) is 14.4 Å². The first-order valence-corrected chi connectivity index (χ1v) is 10.9. The van der Waals surface area contributed by atoms with Crippen molar-refractivity contribution in [1.82, 2.24) is 10.2 Å². The lowest BCUT2D eigenvalue weighted by atomic mass is 10.0. The molecule has 3 N–H and O–H groups in total. The SMILES string of the molecule is NC(=O)C1CC(C(=O)NC(Cc2ccccc2)C(=O)N2CCCC2)=NN1c1ccccc1. The second-order valence-corrected chi connectivity index (χ2v) is 8.10. The maximum Gasteiger partial charge on any atom is 0.268 e. The zero-order chi connectivity index (χ0) is 22.5. The lowest BCUT2D eigenvalue weighted by molar-refractivity contribution is -0.134. The number of benzene rings is 2. The highest BCUT2D eigenvalue weighted by molar-refractivity contribution is 6.40. The molecule has 3 amide bonds. The molecule has 4 rings (SSSR count). The minimum Gasteiger partial charge on any atom is -0.368 e. The zero-order valence-electron chi connectivity index (χ0n) is 17.8. The zero-order valence-corrected chi connectivity index (χ0v) is 17.8. The number of rotatable bonds is 7. The Kier molecular flexibility index (Phi) is 6.49. The van der Waals surface area contributed by atoms with Crippen LogP contribution >= 0.6 is 0 Å². The Balaban J connectivity index is 1.54. The van der Waals surface area contributed by atoms with Crippen molar-refractivity contribution in [2.24, 2.45) is 10.8 Å². The van der Waals surface area contributed by atoms with E-state index >= 15 is 0 Å². The van der Waals surface area contributed by atoms with Crippen LogP contribution in [0.2, 0.25) is 0 Å². The van der Waals surface area contributed by atoms with Gasteiger partial charge in [-0.1, -0.05) is 48.5 Å². The summed E-state index contributed by atoms with van der Waals surface area (Å²) in [5.41, 5.74) is 7.39. The van der Waals surface area contributed by atoms with Crippen molar-refractivity contribution < 1.29 is 14.4 Å². The Labute approximate surface area is 187 Å². The lowest BCUT2D eigenvalue weighted by Crippen LogP contribution is -2.50. The largest absolute Gasteiger partial charge is 0.368 e. The summed E-state index contributed by atoms with van der Waals surface area (Å²) in [5, 5.41) is 8.74. The van der Waals surface area contributed by atoms with Gasteiger partial charge in [-0.2, -0.15) is 5.10 Å². The molecule has 0 radical (unpaired) electrons. The van der Waals surface area contributed by atoms with Gasteiger partial charge in [0.2, 0.25) is 11.8 Å². The van der Waals surface area contributed by atoms with Gasteiger partial charge < -0.3 is 16.0 Å². The lowest BCUT2D eigenvalue weighted by Gasteiger charge is -2.24. The standard InChI is InChI=1S/C24H27N5O3/c25-22(30)21-16-19(27-29(21)18-11-5-2-6-12-18)23(31)26-20(15-17-9-3-1-4-10-17)24(32)28-13-7-8-14-28/h1-6,9-12,20-21H,7-8,13-16H2,(H2,25,30)(H,26,31). The van der Waals surface area contributed by atoms with E-state index in [2.05, 4.69) is 10.4 Å². The maximum absolute atomic E-state index is 13.1. The molecule has 0 aliphatic carbocycles. The number of hydrazone groups is 1. The summed E-state index contributed by atoms with van der Waals surface area (Å²) in [6.07, 6.45) is 2.41. The van der Waals surface area contributed by atoms with Crippen LogP contribution in [0, 0.1) is 0 Å². The Morgan fingerprint density at radius 1 is 1.00 bits per heavy atom. The molecule has 2 aromatic rings. The summed E-state index contributed by atoms with van der Waals surface area (Å²) in [6, 6.07) is 17.2. The third-order valence-corrected chi connectivity index (χ3v) is 5.83. The van der Waals surface area contributed by atoms with E-state index in [0.717, 1.165) is 18.4 Å². The molecule has 2 aliphatic rings. The molecule has 32 heavy (non-hydrogen) atoms. The summed E-state index contributed by atoms with van der Waals surface area (Å²) in [5.74, 6) is -1.11. The number of nitrogens with one attached hydrogen (secondary N) is 1. The van der Waals surface area contributed by atoms with E-state index in [1.165, 1.54) is 5.01 Å². The van der Waals surface area contributed by atoms with Gasteiger partial charge in [0.05, 0.1) is 5.69 Å². The molecule has 8 nitrogen and oxygen atoms in total. The first-order valence-electron chi connectivity index (χ1n) is 10.9.